The number of halogens is 3. The first-order valence-electron chi connectivity index (χ1n) is 8.07. The van der Waals surface area contributed by atoms with Crippen molar-refractivity contribution in [3.05, 3.63) is 58.6 Å². The van der Waals surface area contributed by atoms with E-state index in [4.69, 9.17) is 25.8 Å². The van der Waals surface area contributed by atoms with Gasteiger partial charge in [-0.15, -0.1) is 0 Å². The molecule has 0 saturated carbocycles. The van der Waals surface area contributed by atoms with E-state index < -0.39 is 29.6 Å². The minimum absolute atomic E-state index is 0.0611. The minimum Gasteiger partial charge on any atom is -0.454 e. The maximum Gasteiger partial charge on any atom is 0.331 e. The lowest BCUT2D eigenvalue weighted by Crippen LogP contribution is -2.29. The van der Waals surface area contributed by atoms with Gasteiger partial charge in [-0.25, -0.2) is 13.6 Å². The summed E-state index contributed by atoms with van der Waals surface area (Å²) < 4.78 is 41.8. The van der Waals surface area contributed by atoms with Crippen molar-refractivity contribution in [1.29, 1.82) is 0 Å². The average molecular weight is 410 g/mol. The zero-order valence-electron chi connectivity index (χ0n) is 14.5. The summed E-state index contributed by atoms with van der Waals surface area (Å²) in [5.41, 5.74) is 0.344. The molecule has 0 aliphatic carbocycles. The van der Waals surface area contributed by atoms with E-state index in [0.717, 1.165) is 18.2 Å². The van der Waals surface area contributed by atoms with E-state index in [0.29, 0.717) is 28.2 Å². The third-order valence-corrected chi connectivity index (χ3v) is 3.99. The second-order valence-electron chi connectivity index (χ2n) is 5.76. The van der Waals surface area contributed by atoms with Crippen LogP contribution in [0.2, 0.25) is 5.02 Å². The van der Waals surface area contributed by atoms with Gasteiger partial charge >= 0.3 is 5.97 Å². The Morgan fingerprint density at radius 1 is 1.25 bits per heavy atom. The van der Waals surface area contributed by atoms with Crippen molar-refractivity contribution in [3.63, 3.8) is 0 Å². The molecule has 28 heavy (non-hydrogen) atoms. The van der Waals surface area contributed by atoms with Gasteiger partial charge in [-0.05, 0) is 42.8 Å². The number of anilines is 1. The quantitative estimate of drug-likeness (QED) is 0.598. The number of carbonyl (C=O) groups excluding carboxylic acids is 2. The third kappa shape index (κ3) is 4.58. The molecule has 0 bridgehead atoms. The Kier molecular flexibility index (Phi) is 5.79. The summed E-state index contributed by atoms with van der Waals surface area (Å²) >= 11 is 6.05. The molecule has 146 valence electrons. The molecule has 1 amide bonds. The topological polar surface area (TPSA) is 73.9 Å². The molecule has 1 aliphatic rings. The summed E-state index contributed by atoms with van der Waals surface area (Å²) in [5, 5.41) is 2.55. The second-order valence-corrected chi connectivity index (χ2v) is 6.17. The number of rotatable bonds is 5. The summed E-state index contributed by atoms with van der Waals surface area (Å²) in [6, 6.07) is 5.90. The number of esters is 1. The van der Waals surface area contributed by atoms with Crippen molar-refractivity contribution < 1.29 is 32.6 Å². The van der Waals surface area contributed by atoms with Gasteiger partial charge in [0, 0.05) is 12.1 Å². The van der Waals surface area contributed by atoms with Gasteiger partial charge in [0.15, 0.2) is 17.6 Å². The van der Waals surface area contributed by atoms with Gasteiger partial charge in [0.25, 0.3) is 5.91 Å². The van der Waals surface area contributed by atoms with Gasteiger partial charge in [-0.1, -0.05) is 11.6 Å². The molecule has 0 unspecified atom stereocenters. The lowest BCUT2D eigenvalue weighted by atomic mass is 10.2. The highest BCUT2D eigenvalue weighted by Gasteiger charge is 2.19. The normalized spacial score (nSPS) is 13.4. The molecule has 0 spiro atoms. The van der Waals surface area contributed by atoms with E-state index in [1.54, 1.807) is 12.1 Å². The minimum atomic E-state index is -1.21. The molecule has 0 saturated heterocycles. The maximum atomic E-state index is 13.6. The molecule has 6 nitrogen and oxygen atoms in total. The lowest BCUT2D eigenvalue weighted by Gasteiger charge is -2.12. The average Bonchev–Trinajstić information content (AvgIpc) is 3.11. The van der Waals surface area contributed by atoms with Crippen molar-refractivity contribution in [1.82, 2.24) is 0 Å². The van der Waals surface area contributed by atoms with Gasteiger partial charge < -0.3 is 19.5 Å². The molecule has 1 atom stereocenters. The van der Waals surface area contributed by atoms with E-state index in [2.05, 4.69) is 5.32 Å². The Morgan fingerprint density at radius 2 is 2.04 bits per heavy atom. The zero-order valence-corrected chi connectivity index (χ0v) is 15.3. The Morgan fingerprint density at radius 3 is 2.79 bits per heavy atom. The van der Waals surface area contributed by atoms with Crippen molar-refractivity contribution in [2.45, 2.75) is 13.0 Å². The molecule has 2 aromatic carbocycles. The van der Waals surface area contributed by atoms with Gasteiger partial charge in [0.2, 0.25) is 6.79 Å². The summed E-state index contributed by atoms with van der Waals surface area (Å²) in [4.78, 5) is 23.9. The van der Waals surface area contributed by atoms with E-state index >= 15 is 0 Å². The number of carbonyl (C=O) groups is 2. The van der Waals surface area contributed by atoms with Gasteiger partial charge in [0.1, 0.15) is 11.6 Å². The third-order valence-electron chi connectivity index (χ3n) is 3.71. The number of benzene rings is 2. The van der Waals surface area contributed by atoms with Crippen molar-refractivity contribution in [3.8, 4) is 11.5 Å². The SMILES string of the molecule is C[C@H](OC(=O)/C=C/c1cc(Cl)c2c(c1)OCO2)C(=O)Nc1ccc(F)cc1F. The maximum absolute atomic E-state index is 13.6. The Hall–Kier alpha value is -3.13. The second kappa shape index (κ2) is 8.26. The molecule has 0 radical (unpaired) electrons. The molecular formula is C19H14ClF2NO5. The summed E-state index contributed by atoms with van der Waals surface area (Å²) in [7, 11) is 0. The first kappa shape index (κ1) is 19.6. The molecule has 1 aliphatic heterocycles. The van der Waals surface area contributed by atoms with Crippen LogP contribution in [0.5, 0.6) is 11.5 Å². The standard InChI is InChI=1S/C19H14ClF2NO5/c1-10(19(25)23-15-4-3-12(21)8-14(15)22)28-17(24)5-2-11-6-13(20)18-16(7-11)26-9-27-18/h2-8,10H,9H2,1H3,(H,23,25)/b5-2+/t10-/m0/s1. The Bertz CT molecular complexity index is 964. The van der Waals surface area contributed by atoms with E-state index in [-0.39, 0.29) is 12.5 Å². The number of ether oxygens (including phenoxy) is 3. The molecule has 3 rings (SSSR count). The molecule has 2 aromatic rings. The molecule has 9 heteroatoms. The van der Waals surface area contributed by atoms with Crippen LogP contribution in [0.25, 0.3) is 6.08 Å². The summed E-state index contributed by atoms with van der Waals surface area (Å²) in [6.07, 6.45) is 1.33. The first-order valence-corrected chi connectivity index (χ1v) is 8.45. The smallest absolute Gasteiger partial charge is 0.331 e. The number of nitrogens with one attached hydrogen (secondary N) is 1. The van der Waals surface area contributed by atoms with Crippen LogP contribution in [-0.2, 0) is 14.3 Å². The van der Waals surface area contributed by atoms with Gasteiger partial charge in [-0.3, -0.25) is 4.79 Å². The molecular weight excluding hydrogens is 396 g/mol. The van der Waals surface area contributed by atoms with Crippen LogP contribution in [0.4, 0.5) is 14.5 Å². The highest BCUT2D eigenvalue weighted by atomic mass is 35.5. The molecule has 1 N–H and O–H groups in total. The van der Waals surface area contributed by atoms with Crippen molar-refractivity contribution in [2.75, 3.05) is 12.1 Å². The molecule has 0 fully saturated rings. The van der Waals surface area contributed by atoms with Crippen LogP contribution in [0, 0.1) is 11.6 Å². The van der Waals surface area contributed by atoms with Gasteiger partial charge in [0.05, 0.1) is 10.7 Å². The largest absolute Gasteiger partial charge is 0.454 e. The Balaban J connectivity index is 1.58. The predicted octanol–water partition coefficient (Wildman–Crippen LogP) is 3.93. The van der Waals surface area contributed by atoms with Crippen LogP contribution >= 0.6 is 11.6 Å². The number of hydrogen-bond acceptors (Lipinski definition) is 5. The van der Waals surface area contributed by atoms with Crippen LogP contribution in [-0.4, -0.2) is 24.8 Å². The Labute approximate surface area is 163 Å². The summed E-state index contributed by atoms with van der Waals surface area (Å²) in [5.74, 6) is -2.39. The lowest BCUT2D eigenvalue weighted by molar-refractivity contribution is -0.148. The molecule has 0 aromatic heterocycles. The van der Waals surface area contributed by atoms with E-state index in [1.165, 1.54) is 13.0 Å². The van der Waals surface area contributed by atoms with E-state index in [9.17, 15) is 18.4 Å². The van der Waals surface area contributed by atoms with Crippen molar-refractivity contribution >= 4 is 35.2 Å². The fourth-order valence-electron chi connectivity index (χ4n) is 2.34. The summed E-state index contributed by atoms with van der Waals surface area (Å²) in [6.45, 7) is 1.38. The fourth-order valence-corrected chi connectivity index (χ4v) is 2.61. The highest BCUT2D eigenvalue weighted by Crippen LogP contribution is 2.40. The van der Waals surface area contributed by atoms with Crippen LogP contribution in [0.3, 0.4) is 0 Å². The van der Waals surface area contributed by atoms with Crippen LogP contribution in [0.1, 0.15) is 12.5 Å². The van der Waals surface area contributed by atoms with Crippen LogP contribution < -0.4 is 14.8 Å². The van der Waals surface area contributed by atoms with Crippen LogP contribution in [0.15, 0.2) is 36.4 Å². The van der Waals surface area contributed by atoms with E-state index in [1.807, 2.05) is 0 Å². The first-order chi connectivity index (χ1) is 13.3. The van der Waals surface area contributed by atoms with Crippen molar-refractivity contribution in [2.24, 2.45) is 0 Å². The number of amides is 1. The monoisotopic (exact) mass is 409 g/mol. The van der Waals surface area contributed by atoms with Gasteiger partial charge in [-0.2, -0.15) is 0 Å². The molecule has 1 heterocycles. The highest BCUT2D eigenvalue weighted by molar-refractivity contribution is 6.32. The predicted molar refractivity (Wildman–Crippen MR) is 97.2 cm³/mol. The number of hydrogen-bond donors (Lipinski definition) is 1. The zero-order chi connectivity index (χ0) is 20.3. The fraction of sp³-hybridized carbons (Fsp3) is 0.158. The number of fused-ring (bicyclic) bond motifs is 1.